The second-order valence-corrected chi connectivity index (χ2v) is 24.0. The van der Waals surface area contributed by atoms with Crippen molar-refractivity contribution in [3.8, 4) is 11.1 Å². The predicted molar refractivity (Wildman–Crippen MR) is 306 cm³/mol. The lowest BCUT2D eigenvalue weighted by atomic mass is 10.1. The molecule has 5 heterocycles. The summed E-state index contributed by atoms with van der Waals surface area (Å²) in [6.45, 7) is 9.03. The minimum absolute atomic E-state index is 0.00671. The van der Waals surface area contributed by atoms with Crippen molar-refractivity contribution in [1.29, 1.82) is 0 Å². The van der Waals surface area contributed by atoms with Gasteiger partial charge in [0.2, 0.25) is 15.9 Å². The number of ether oxygens (including phenoxy) is 4. The van der Waals surface area contributed by atoms with Gasteiger partial charge >= 0.3 is 0 Å². The van der Waals surface area contributed by atoms with Crippen LogP contribution in [0.2, 0.25) is 5.15 Å². The third-order valence-electron chi connectivity index (χ3n) is 14.0. The highest BCUT2D eigenvalue weighted by Crippen LogP contribution is 2.31. The van der Waals surface area contributed by atoms with E-state index in [1.807, 2.05) is 35.2 Å². The third kappa shape index (κ3) is 16.6. The number of carbonyl (C=O) groups is 2. The van der Waals surface area contributed by atoms with E-state index in [0.29, 0.717) is 169 Å². The number of fused-ring (bicyclic) bond motifs is 1. The maximum absolute atomic E-state index is 13.4. The Morgan fingerprint density at radius 2 is 1.35 bits per heavy atom. The van der Waals surface area contributed by atoms with Crippen LogP contribution in [0.5, 0.6) is 0 Å². The van der Waals surface area contributed by atoms with Gasteiger partial charge in [0.05, 0.1) is 91.8 Å². The zero-order valence-corrected chi connectivity index (χ0v) is 47.6. The number of halogens is 2. The van der Waals surface area contributed by atoms with E-state index in [9.17, 15) is 30.8 Å². The van der Waals surface area contributed by atoms with Crippen molar-refractivity contribution in [3.63, 3.8) is 0 Å². The molecule has 0 unspecified atom stereocenters. The number of pyridine rings is 1. The van der Waals surface area contributed by atoms with Crippen molar-refractivity contribution < 1.29 is 49.8 Å². The van der Waals surface area contributed by atoms with Gasteiger partial charge in [-0.2, -0.15) is 4.31 Å². The van der Waals surface area contributed by atoms with Crippen molar-refractivity contribution in [2.24, 2.45) is 0 Å². The van der Waals surface area contributed by atoms with Crippen LogP contribution in [0.3, 0.4) is 0 Å². The van der Waals surface area contributed by atoms with Crippen LogP contribution in [-0.4, -0.2) is 180 Å². The van der Waals surface area contributed by atoms with Gasteiger partial charge in [-0.15, -0.1) is 0 Å². The van der Waals surface area contributed by atoms with Crippen molar-refractivity contribution >= 4 is 77.4 Å². The first-order chi connectivity index (χ1) is 39.2. The van der Waals surface area contributed by atoms with Crippen LogP contribution in [-0.2, 0) is 50.2 Å². The molecule has 25 heteroatoms. The van der Waals surface area contributed by atoms with E-state index in [4.69, 9.17) is 40.5 Å². The number of Topliss-reactive ketones (excluding diaryl/α,β-unsaturated/α-hetero) is 1. The number of carbonyl (C=O) groups excluding carboxylic acids is 2. The number of ketones is 1. The van der Waals surface area contributed by atoms with Gasteiger partial charge in [0.15, 0.2) is 10.9 Å². The first-order valence-electron chi connectivity index (χ1n) is 27.2. The number of sulfonamides is 2. The van der Waals surface area contributed by atoms with Crippen LogP contribution in [0.4, 0.5) is 27.4 Å². The minimum atomic E-state index is -4.07. The van der Waals surface area contributed by atoms with Gasteiger partial charge in [0.1, 0.15) is 23.3 Å². The van der Waals surface area contributed by atoms with Crippen molar-refractivity contribution in [3.05, 3.63) is 119 Å². The van der Waals surface area contributed by atoms with Gasteiger partial charge in [-0.05, 0) is 91.9 Å². The number of hydrogen-bond donors (Lipinski definition) is 2. The fourth-order valence-electron chi connectivity index (χ4n) is 9.22. The molecule has 2 saturated heterocycles. The van der Waals surface area contributed by atoms with E-state index in [1.54, 1.807) is 29.7 Å². The molecular weight excluding hydrogens is 1110 g/mol. The molecule has 21 nitrogen and oxygen atoms in total. The van der Waals surface area contributed by atoms with Crippen molar-refractivity contribution in [2.75, 3.05) is 131 Å². The zero-order valence-electron chi connectivity index (χ0n) is 45.2. The molecular formula is C56H67ClFN11O10S2. The second kappa shape index (κ2) is 28.0. The molecule has 0 atom stereocenters. The average Bonchev–Trinajstić information content (AvgIpc) is 4.35. The molecule has 3 fully saturated rings. The monoisotopic (exact) mass is 1170 g/mol. The molecule has 9 rings (SSSR count). The Morgan fingerprint density at radius 3 is 2.02 bits per heavy atom. The van der Waals surface area contributed by atoms with E-state index in [-0.39, 0.29) is 46.2 Å². The van der Waals surface area contributed by atoms with Crippen LogP contribution in [0.1, 0.15) is 60.8 Å². The van der Waals surface area contributed by atoms with Gasteiger partial charge in [-0.25, -0.2) is 41.2 Å². The summed E-state index contributed by atoms with van der Waals surface area (Å²) in [5.74, 6) is 1.39. The smallest absolute Gasteiger partial charge is 0.261 e. The summed E-state index contributed by atoms with van der Waals surface area (Å²) in [6, 6.07) is 20.0. The number of piperazine rings is 2. The maximum atomic E-state index is 13.4. The highest BCUT2D eigenvalue weighted by molar-refractivity contribution is 7.92. The van der Waals surface area contributed by atoms with Crippen molar-refractivity contribution in [2.45, 2.75) is 56.4 Å². The van der Waals surface area contributed by atoms with E-state index in [1.165, 1.54) is 6.20 Å². The summed E-state index contributed by atoms with van der Waals surface area (Å²) in [4.78, 5) is 55.3. The fraction of sp³-hybridized carbons (Fsp3) is 0.446. The number of nitrogens with one attached hydrogen (secondary N) is 2. The topological polar surface area (TPSA) is 241 Å². The van der Waals surface area contributed by atoms with Crippen LogP contribution in [0.25, 0.3) is 22.2 Å². The number of benzene rings is 3. The Morgan fingerprint density at radius 1 is 0.679 bits per heavy atom. The summed E-state index contributed by atoms with van der Waals surface area (Å²) < 4.78 is 90.6. The lowest BCUT2D eigenvalue weighted by molar-refractivity contribution is -0.132. The molecule has 2 N–H and O–H groups in total. The standard InChI is InChI=1S/C56H67ClFN11O10S2/c1-2-80(72,73)69-24-22-66(23-25-69)45-12-5-40(6-13-45)34-52-60-38-47(56(64-52)62-44-10-11-44)51(70)4-3-26-76-28-30-78-32-33-79-31-29-77-27-17-54(71)68-20-18-67(19-21-68)53-39-59-48-16-7-41(35-49(48)63-53)42-36-50(55(57)61-37-42)65-81(74,75)46-14-8-43(58)9-15-46/h5-9,12-16,35-39,44,65H,2-4,10-11,17-34H2,1H3,(H,60,62,64). The first-order valence-corrected chi connectivity index (χ1v) is 30.7. The molecule has 6 aromatic rings. The van der Waals surface area contributed by atoms with Crippen LogP contribution in [0, 0.1) is 5.82 Å². The molecule has 1 aliphatic carbocycles. The molecule has 3 aromatic carbocycles. The summed E-state index contributed by atoms with van der Waals surface area (Å²) >= 11 is 6.28. The lowest BCUT2D eigenvalue weighted by Gasteiger charge is -2.35. The van der Waals surface area contributed by atoms with E-state index in [2.05, 4.69) is 46.9 Å². The quantitative estimate of drug-likeness (QED) is 0.0290. The Labute approximate surface area is 476 Å². The second-order valence-electron chi connectivity index (χ2n) is 19.7. The number of hydrogen-bond acceptors (Lipinski definition) is 18. The lowest BCUT2D eigenvalue weighted by Crippen LogP contribution is -2.49. The molecule has 0 spiro atoms. The molecule has 1 saturated carbocycles. The predicted octanol–water partition coefficient (Wildman–Crippen LogP) is 6.48. The van der Waals surface area contributed by atoms with Gasteiger partial charge in [0, 0.05) is 101 Å². The van der Waals surface area contributed by atoms with E-state index in [0.717, 1.165) is 48.4 Å². The molecule has 2 aliphatic heterocycles. The normalized spacial score (nSPS) is 15.3. The summed E-state index contributed by atoms with van der Waals surface area (Å²) in [5.41, 5.74) is 5.21. The minimum Gasteiger partial charge on any atom is -0.379 e. The zero-order chi connectivity index (χ0) is 56.8. The average molecular weight is 1170 g/mol. The highest BCUT2D eigenvalue weighted by Gasteiger charge is 2.28. The van der Waals surface area contributed by atoms with Crippen molar-refractivity contribution in [1.82, 2.24) is 34.1 Å². The van der Waals surface area contributed by atoms with Crippen LogP contribution < -0.4 is 19.8 Å². The Hall–Kier alpha value is -6.51. The largest absolute Gasteiger partial charge is 0.379 e. The molecule has 3 aliphatic rings. The molecule has 1 amide bonds. The van der Waals surface area contributed by atoms with E-state index >= 15 is 0 Å². The summed E-state index contributed by atoms with van der Waals surface area (Å²) in [6.07, 6.45) is 8.55. The third-order valence-corrected chi connectivity index (χ3v) is 17.6. The van der Waals surface area contributed by atoms with Gasteiger partial charge in [0.25, 0.3) is 10.0 Å². The van der Waals surface area contributed by atoms with E-state index < -0.39 is 25.9 Å². The van der Waals surface area contributed by atoms with Gasteiger partial charge in [-0.3, -0.25) is 19.3 Å². The van der Waals surface area contributed by atoms with Crippen LogP contribution >= 0.6 is 11.6 Å². The number of aromatic nitrogens is 5. The highest BCUT2D eigenvalue weighted by atomic mass is 35.5. The van der Waals surface area contributed by atoms with Crippen LogP contribution in [0.15, 0.2) is 96.3 Å². The van der Waals surface area contributed by atoms with Gasteiger partial charge < -0.3 is 39.0 Å². The number of anilines is 4. The summed E-state index contributed by atoms with van der Waals surface area (Å²) in [5, 5.41) is 3.37. The number of rotatable bonds is 29. The number of nitrogens with zero attached hydrogens (tertiary/aromatic N) is 9. The Balaban J connectivity index is 0.602. The molecule has 432 valence electrons. The molecule has 3 aromatic heterocycles. The molecule has 0 radical (unpaired) electrons. The Kier molecular flexibility index (Phi) is 20.4. The summed E-state index contributed by atoms with van der Waals surface area (Å²) in [7, 11) is -7.25. The number of amides is 1. The fourth-order valence-corrected chi connectivity index (χ4v) is 11.6. The van der Waals surface area contributed by atoms with Gasteiger partial charge in [-0.1, -0.05) is 29.8 Å². The SMILES string of the molecule is CCS(=O)(=O)N1CCN(c2ccc(Cc3ncc(C(=O)CCCOCCOCCOCCOCCC(=O)N4CCN(c5cnc6ccc(-c7cnc(Cl)c(NS(=O)(=O)c8ccc(F)cc8)c7)cc6n5)CC4)c(NC4CC4)n3)cc2)CC1. The maximum Gasteiger partial charge on any atom is 0.261 e. The molecule has 0 bridgehead atoms. The first kappa shape index (κ1) is 59.1. The molecule has 81 heavy (non-hydrogen) atoms. The Bertz CT molecular complexity index is 3330.